The summed E-state index contributed by atoms with van der Waals surface area (Å²) in [4.78, 5) is 12.2. The molecule has 52 heavy (non-hydrogen) atoms. The van der Waals surface area contributed by atoms with Crippen LogP contribution in [0.5, 0.6) is 0 Å². The third-order valence-electron chi connectivity index (χ3n) is 9.87. The van der Waals surface area contributed by atoms with Gasteiger partial charge in [-0.2, -0.15) is 0 Å². The Morgan fingerprint density at radius 3 is 1.38 bits per heavy atom. The number of hydrogen-bond acceptors (Lipinski definition) is 4. The van der Waals surface area contributed by atoms with Crippen molar-refractivity contribution in [2.45, 2.75) is 0 Å². The van der Waals surface area contributed by atoms with E-state index in [4.69, 9.17) is 14.4 Å². The zero-order valence-corrected chi connectivity index (χ0v) is 28.1. The van der Waals surface area contributed by atoms with Gasteiger partial charge in [0.2, 0.25) is 0 Å². The van der Waals surface area contributed by atoms with Gasteiger partial charge in [0, 0.05) is 49.7 Å². The number of anilines is 3. The normalized spacial score (nSPS) is 11.5. The highest BCUT2D eigenvalue weighted by Crippen LogP contribution is 2.38. The molecule has 4 heteroatoms. The van der Waals surface area contributed by atoms with Crippen LogP contribution in [0.25, 0.3) is 77.4 Å². The van der Waals surface area contributed by atoms with Gasteiger partial charge in [0.05, 0.1) is 22.4 Å². The zero-order valence-electron chi connectivity index (χ0n) is 28.1. The van der Waals surface area contributed by atoms with E-state index in [0.29, 0.717) is 0 Å². The Morgan fingerprint density at radius 1 is 0.346 bits per heavy atom. The number of furan rings is 1. The summed E-state index contributed by atoms with van der Waals surface area (Å²) < 4.78 is 6.09. The van der Waals surface area contributed by atoms with Crippen molar-refractivity contribution in [1.29, 1.82) is 0 Å². The van der Waals surface area contributed by atoms with Crippen LogP contribution in [-0.4, -0.2) is 9.97 Å². The van der Waals surface area contributed by atoms with Crippen molar-refractivity contribution in [2.24, 2.45) is 0 Å². The third kappa shape index (κ3) is 5.34. The highest BCUT2D eigenvalue weighted by atomic mass is 16.3. The third-order valence-corrected chi connectivity index (χ3v) is 9.87. The maximum absolute atomic E-state index is 6.09. The predicted molar refractivity (Wildman–Crippen MR) is 215 cm³/mol. The van der Waals surface area contributed by atoms with Crippen LogP contribution in [0.4, 0.5) is 17.1 Å². The van der Waals surface area contributed by atoms with Crippen LogP contribution in [0.2, 0.25) is 0 Å². The van der Waals surface area contributed by atoms with Crippen LogP contribution in [-0.2, 0) is 0 Å². The van der Waals surface area contributed by atoms with Crippen molar-refractivity contribution in [3.8, 4) is 33.6 Å². The summed E-state index contributed by atoms with van der Waals surface area (Å²) in [5, 5.41) is 4.53. The Bertz CT molecular complexity index is 2770. The zero-order chi connectivity index (χ0) is 34.4. The monoisotopic (exact) mass is 665 g/mol. The number of fused-ring (bicyclic) bond motifs is 5. The van der Waals surface area contributed by atoms with E-state index in [1.807, 2.05) is 36.4 Å². The highest BCUT2D eigenvalue weighted by molar-refractivity contribution is 6.06. The lowest BCUT2D eigenvalue weighted by atomic mass is 10.0. The van der Waals surface area contributed by atoms with E-state index in [-0.39, 0.29) is 0 Å². The van der Waals surface area contributed by atoms with E-state index in [1.165, 1.54) is 0 Å². The molecule has 0 radical (unpaired) electrons. The molecule has 4 nitrogen and oxygen atoms in total. The predicted octanol–water partition coefficient (Wildman–Crippen LogP) is 13.2. The Balaban J connectivity index is 1.02. The lowest BCUT2D eigenvalue weighted by molar-refractivity contribution is 0.669. The molecule has 3 aromatic heterocycles. The van der Waals surface area contributed by atoms with Crippen molar-refractivity contribution in [1.82, 2.24) is 9.97 Å². The topological polar surface area (TPSA) is 42.2 Å². The Labute approximate surface area is 300 Å². The summed E-state index contributed by atoms with van der Waals surface area (Å²) in [6.45, 7) is 0. The van der Waals surface area contributed by atoms with Crippen LogP contribution < -0.4 is 4.90 Å². The average molecular weight is 666 g/mol. The first-order valence-corrected chi connectivity index (χ1v) is 17.5. The van der Waals surface area contributed by atoms with Crippen LogP contribution in [0.1, 0.15) is 0 Å². The van der Waals surface area contributed by atoms with Crippen LogP contribution in [0.15, 0.2) is 192 Å². The van der Waals surface area contributed by atoms with Gasteiger partial charge in [-0.3, -0.25) is 0 Å². The molecule has 10 rings (SSSR count). The van der Waals surface area contributed by atoms with E-state index in [9.17, 15) is 0 Å². The minimum absolute atomic E-state index is 0.900. The van der Waals surface area contributed by atoms with E-state index in [0.717, 1.165) is 94.4 Å². The molecule has 10 aromatic rings. The van der Waals surface area contributed by atoms with Gasteiger partial charge in [0.1, 0.15) is 11.2 Å². The fourth-order valence-electron chi connectivity index (χ4n) is 7.17. The summed E-state index contributed by atoms with van der Waals surface area (Å²) in [6, 6.07) is 65.7. The fraction of sp³-hybridized carbons (Fsp3) is 0. The number of nitrogens with zero attached hydrogens (tertiary/aromatic N) is 3. The maximum atomic E-state index is 6.09. The molecule has 0 saturated heterocycles. The van der Waals surface area contributed by atoms with Gasteiger partial charge < -0.3 is 9.32 Å². The van der Waals surface area contributed by atoms with Crippen molar-refractivity contribution < 1.29 is 4.42 Å². The minimum atomic E-state index is 0.900. The molecule has 0 aliphatic carbocycles. The Kier molecular flexibility index (Phi) is 7.10. The first-order valence-electron chi connectivity index (χ1n) is 17.5. The molecule has 0 unspecified atom stereocenters. The minimum Gasteiger partial charge on any atom is -0.456 e. The molecule has 0 fully saturated rings. The van der Waals surface area contributed by atoms with E-state index < -0.39 is 0 Å². The molecule has 0 saturated carbocycles. The lowest BCUT2D eigenvalue weighted by Gasteiger charge is -2.26. The van der Waals surface area contributed by atoms with Gasteiger partial charge in [-0.25, -0.2) is 9.97 Å². The molecule has 0 aliphatic rings. The van der Waals surface area contributed by atoms with Crippen molar-refractivity contribution in [3.05, 3.63) is 188 Å². The number of aromatic nitrogens is 2. The summed E-state index contributed by atoms with van der Waals surface area (Å²) in [5.41, 5.74) is 13.3. The number of hydrogen-bond donors (Lipinski definition) is 0. The van der Waals surface area contributed by atoms with Crippen molar-refractivity contribution in [2.75, 3.05) is 4.90 Å². The first-order chi connectivity index (χ1) is 25.7. The average Bonchev–Trinajstić information content (AvgIpc) is 3.59. The molecule has 0 N–H and O–H groups in total. The SMILES string of the molecule is c1ccc2nc(-c3ccc(N(c4ccc(-c5ccc6oc7ccccc7c6c5)cc4)c4ccc(-c5ccc6ccccc6n5)cc4)cc3)ccc2c1. The largest absolute Gasteiger partial charge is 0.456 e. The molecular formula is C48H31N3O. The van der Waals surface area contributed by atoms with Crippen molar-refractivity contribution >= 4 is 60.8 Å². The van der Waals surface area contributed by atoms with E-state index >= 15 is 0 Å². The quantitative estimate of drug-likeness (QED) is 0.177. The summed E-state index contributed by atoms with van der Waals surface area (Å²) in [7, 11) is 0. The fourth-order valence-corrected chi connectivity index (χ4v) is 7.17. The Morgan fingerprint density at radius 2 is 0.808 bits per heavy atom. The number of pyridine rings is 2. The molecule has 0 spiro atoms. The van der Waals surface area contributed by atoms with Gasteiger partial charge in [-0.15, -0.1) is 0 Å². The smallest absolute Gasteiger partial charge is 0.135 e. The van der Waals surface area contributed by atoms with Crippen molar-refractivity contribution in [3.63, 3.8) is 0 Å². The Hall–Kier alpha value is -7.04. The second-order valence-electron chi connectivity index (χ2n) is 13.1. The molecule has 7 aromatic carbocycles. The molecule has 3 heterocycles. The van der Waals surface area contributed by atoms with Gasteiger partial charge >= 0.3 is 0 Å². The first kappa shape index (κ1) is 29.8. The number of benzene rings is 7. The van der Waals surface area contributed by atoms with E-state index in [2.05, 4.69) is 157 Å². The van der Waals surface area contributed by atoms with Crippen LogP contribution in [0.3, 0.4) is 0 Å². The van der Waals surface area contributed by atoms with Gasteiger partial charge in [0.25, 0.3) is 0 Å². The van der Waals surface area contributed by atoms with Gasteiger partial charge in [-0.05, 0) is 90.0 Å². The van der Waals surface area contributed by atoms with Crippen LogP contribution in [0, 0.1) is 0 Å². The molecular weight excluding hydrogens is 635 g/mol. The highest BCUT2D eigenvalue weighted by Gasteiger charge is 2.15. The summed E-state index contributed by atoms with van der Waals surface area (Å²) in [6.07, 6.45) is 0. The van der Waals surface area contributed by atoms with Gasteiger partial charge in [-0.1, -0.05) is 109 Å². The number of para-hydroxylation sites is 3. The van der Waals surface area contributed by atoms with Gasteiger partial charge in [0.15, 0.2) is 0 Å². The molecule has 0 bridgehead atoms. The standard InChI is InChI=1S/C48H31N3O/c1-4-10-43-33(7-1)19-28-45(49-43)35-15-24-39(25-16-35)51(40-26-17-36(18-27-40)46-29-20-34-8-2-5-11-44(34)50-46)38-22-13-32(14-23-38)37-21-30-48-42(31-37)41-9-3-6-12-47(41)52-48/h1-31H. The van der Waals surface area contributed by atoms with Crippen LogP contribution >= 0.6 is 0 Å². The van der Waals surface area contributed by atoms with E-state index in [1.54, 1.807) is 0 Å². The second-order valence-corrected chi connectivity index (χ2v) is 13.1. The molecule has 0 atom stereocenters. The summed E-state index contributed by atoms with van der Waals surface area (Å²) >= 11 is 0. The summed E-state index contributed by atoms with van der Waals surface area (Å²) in [5.74, 6) is 0. The molecule has 0 aliphatic heterocycles. The molecule has 0 amide bonds. The lowest BCUT2D eigenvalue weighted by Crippen LogP contribution is -2.09. The second kappa shape index (κ2) is 12.4. The maximum Gasteiger partial charge on any atom is 0.135 e. The number of rotatable bonds is 6. The molecule has 244 valence electrons.